The lowest BCUT2D eigenvalue weighted by Crippen LogP contribution is -2.50. The van der Waals surface area contributed by atoms with Crippen molar-refractivity contribution in [1.82, 2.24) is 4.90 Å². The van der Waals surface area contributed by atoms with E-state index in [1.54, 1.807) is 0 Å². The molecule has 3 heteroatoms. The number of carbonyl (C=O) groups is 1. The second kappa shape index (κ2) is 5.43. The molecule has 3 rings (SSSR count). The quantitative estimate of drug-likeness (QED) is 0.848. The fraction of sp³-hybridized carbons (Fsp3) is 0.938. The van der Waals surface area contributed by atoms with Gasteiger partial charge in [0.2, 0.25) is 0 Å². The molecule has 0 amide bonds. The topological polar surface area (TPSA) is 40.5 Å². The first-order chi connectivity index (χ1) is 9.15. The Hall–Kier alpha value is -0.570. The summed E-state index contributed by atoms with van der Waals surface area (Å²) in [5.74, 6) is 0.725. The van der Waals surface area contributed by atoms with Gasteiger partial charge in [0, 0.05) is 24.5 Å². The molecule has 0 spiro atoms. The first-order valence-corrected chi connectivity index (χ1v) is 8.14. The van der Waals surface area contributed by atoms with E-state index in [2.05, 4.69) is 11.8 Å². The van der Waals surface area contributed by atoms with E-state index in [1.165, 1.54) is 38.5 Å². The Labute approximate surface area is 116 Å². The normalized spacial score (nSPS) is 37.6. The van der Waals surface area contributed by atoms with Crippen molar-refractivity contribution < 1.29 is 9.90 Å². The number of rotatable bonds is 4. The van der Waals surface area contributed by atoms with Crippen LogP contribution in [0.1, 0.15) is 64.7 Å². The number of carboxylic acids is 1. The molecule has 0 radical (unpaired) electrons. The summed E-state index contributed by atoms with van der Waals surface area (Å²) in [7, 11) is 0. The van der Waals surface area contributed by atoms with Crippen LogP contribution in [0.25, 0.3) is 0 Å². The van der Waals surface area contributed by atoms with Crippen molar-refractivity contribution in [3.8, 4) is 0 Å². The Morgan fingerprint density at radius 2 is 1.74 bits per heavy atom. The van der Waals surface area contributed by atoms with Gasteiger partial charge in [-0.05, 0) is 57.3 Å². The summed E-state index contributed by atoms with van der Waals surface area (Å²) in [4.78, 5) is 13.7. The minimum absolute atomic E-state index is 0.388. The maximum absolute atomic E-state index is 10.9. The molecule has 2 saturated heterocycles. The third-order valence-electron chi connectivity index (χ3n) is 5.90. The zero-order chi connectivity index (χ0) is 13.4. The van der Waals surface area contributed by atoms with E-state index < -0.39 is 5.97 Å². The first kappa shape index (κ1) is 13.4. The standard InChI is InChI=1S/C16H27NO2/c1-11(13-4-2-3-5-13)17-14-6-7-15(17)9-12(8-14)10-16(18)19/h11-15H,2-10H2,1H3,(H,18,19). The number of piperidine rings is 1. The van der Waals surface area contributed by atoms with Crippen molar-refractivity contribution in [3.05, 3.63) is 0 Å². The Bertz CT molecular complexity index is 324. The summed E-state index contributed by atoms with van der Waals surface area (Å²) in [6.07, 6.45) is 10.9. The number of nitrogens with zero attached hydrogens (tertiary/aromatic N) is 1. The largest absolute Gasteiger partial charge is 0.481 e. The van der Waals surface area contributed by atoms with E-state index in [-0.39, 0.29) is 0 Å². The minimum atomic E-state index is -0.610. The Balaban J connectivity index is 1.64. The average molecular weight is 265 g/mol. The van der Waals surface area contributed by atoms with E-state index in [0.29, 0.717) is 24.4 Å². The molecule has 3 fully saturated rings. The molecule has 0 aromatic heterocycles. The van der Waals surface area contributed by atoms with Crippen molar-refractivity contribution >= 4 is 5.97 Å². The highest BCUT2D eigenvalue weighted by Gasteiger charge is 2.44. The van der Waals surface area contributed by atoms with Gasteiger partial charge in [0.25, 0.3) is 0 Å². The van der Waals surface area contributed by atoms with Crippen LogP contribution in [0.3, 0.4) is 0 Å². The number of fused-ring (bicyclic) bond motifs is 2. The predicted octanol–water partition coefficient (Wildman–Crippen LogP) is 3.28. The van der Waals surface area contributed by atoms with Crippen LogP contribution in [0.2, 0.25) is 0 Å². The molecule has 1 saturated carbocycles. The van der Waals surface area contributed by atoms with Gasteiger partial charge in [0.15, 0.2) is 0 Å². The van der Waals surface area contributed by atoms with Crippen LogP contribution in [-0.2, 0) is 4.79 Å². The maximum atomic E-state index is 10.9. The van der Waals surface area contributed by atoms with Crippen LogP contribution in [0.15, 0.2) is 0 Å². The van der Waals surface area contributed by atoms with Gasteiger partial charge in [-0.2, -0.15) is 0 Å². The summed E-state index contributed by atoms with van der Waals surface area (Å²) in [5, 5.41) is 8.99. The lowest BCUT2D eigenvalue weighted by Gasteiger charge is -2.44. The van der Waals surface area contributed by atoms with Crippen LogP contribution < -0.4 is 0 Å². The highest BCUT2D eigenvalue weighted by molar-refractivity contribution is 5.67. The number of hydrogen-bond acceptors (Lipinski definition) is 2. The molecule has 2 heterocycles. The molecule has 3 unspecified atom stereocenters. The van der Waals surface area contributed by atoms with Gasteiger partial charge >= 0.3 is 5.97 Å². The smallest absolute Gasteiger partial charge is 0.303 e. The van der Waals surface area contributed by atoms with E-state index in [0.717, 1.165) is 24.8 Å². The Morgan fingerprint density at radius 1 is 1.16 bits per heavy atom. The van der Waals surface area contributed by atoms with Crippen LogP contribution in [0.4, 0.5) is 0 Å². The van der Waals surface area contributed by atoms with Crippen molar-refractivity contribution in [1.29, 1.82) is 0 Å². The fourth-order valence-corrected chi connectivity index (χ4v) is 5.09. The highest BCUT2D eigenvalue weighted by atomic mass is 16.4. The van der Waals surface area contributed by atoms with Gasteiger partial charge in [-0.3, -0.25) is 9.69 Å². The van der Waals surface area contributed by atoms with Crippen molar-refractivity contribution in [2.75, 3.05) is 0 Å². The third-order valence-corrected chi connectivity index (χ3v) is 5.90. The molecule has 3 aliphatic rings. The van der Waals surface area contributed by atoms with Crippen LogP contribution in [0, 0.1) is 11.8 Å². The molecular weight excluding hydrogens is 238 g/mol. The summed E-state index contributed by atoms with van der Waals surface area (Å²) in [6.45, 7) is 2.43. The second-order valence-corrected chi connectivity index (χ2v) is 7.05. The molecule has 0 aromatic carbocycles. The first-order valence-electron chi connectivity index (χ1n) is 8.14. The maximum Gasteiger partial charge on any atom is 0.303 e. The van der Waals surface area contributed by atoms with Crippen molar-refractivity contribution in [3.63, 3.8) is 0 Å². The molecule has 1 aliphatic carbocycles. The molecule has 2 aliphatic heterocycles. The lowest BCUT2D eigenvalue weighted by atomic mass is 9.85. The second-order valence-electron chi connectivity index (χ2n) is 7.05. The Morgan fingerprint density at radius 3 is 2.26 bits per heavy atom. The van der Waals surface area contributed by atoms with Crippen molar-refractivity contribution in [2.45, 2.75) is 82.8 Å². The molecular formula is C16H27NO2. The van der Waals surface area contributed by atoms with Gasteiger partial charge in [0.05, 0.1) is 0 Å². The van der Waals surface area contributed by atoms with Gasteiger partial charge < -0.3 is 5.11 Å². The summed E-state index contributed by atoms with van der Waals surface area (Å²) < 4.78 is 0. The molecule has 1 N–H and O–H groups in total. The molecule has 0 aromatic rings. The average Bonchev–Trinajstić information content (AvgIpc) is 2.95. The van der Waals surface area contributed by atoms with Gasteiger partial charge in [-0.1, -0.05) is 12.8 Å². The number of hydrogen-bond donors (Lipinski definition) is 1. The van der Waals surface area contributed by atoms with Crippen LogP contribution in [0.5, 0.6) is 0 Å². The van der Waals surface area contributed by atoms with Crippen LogP contribution >= 0.6 is 0 Å². The Kier molecular flexibility index (Phi) is 3.84. The summed E-state index contributed by atoms with van der Waals surface area (Å²) in [5.41, 5.74) is 0. The molecule has 2 bridgehead atoms. The third kappa shape index (κ3) is 2.67. The van der Waals surface area contributed by atoms with E-state index in [4.69, 9.17) is 5.11 Å². The van der Waals surface area contributed by atoms with E-state index >= 15 is 0 Å². The SMILES string of the molecule is CC(C1CCCC1)N1C2CCC1CC(CC(=O)O)C2. The summed E-state index contributed by atoms with van der Waals surface area (Å²) in [6, 6.07) is 2.09. The fourth-order valence-electron chi connectivity index (χ4n) is 5.09. The van der Waals surface area contributed by atoms with E-state index in [1.807, 2.05) is 0 Å². The lowest BCUT2D eigenvalue weighted by molar-refractivity contribution is -0.138. The van der Waals surface area contributed by atoms with Gasteiger partial charge in [-0.25, -0.2) is 0 Å². The molecule has 108 valence electrons. The molecule has 3 nitrogen and oxygen atoms in total. The number of aliphatic carboxylic acids is 1. The molecule has 3 atom stereocenters. The minimum Gasteiger partial charge on any atom is -0.481 e. The van der Waals surface area contributed by atoms with E-state index in [9.17, 15) is 4.79 Å². The predicted molar refractivity (Wildman–Crippen MR) is 75.0 cm³/mol. The zero-order valence-electron chi connectivity index (χ0n) is 12.1. The highest BCUT2D eigenvalue weighted by Crippen LogP contribution is 2.44. The monoisotopic (exact) mass is 265 g/mol. The van der Waals surface area contributed by atoms with Crippen LogP contribution in [-0.4, -0.2) is 34.1 Å². The zero-order valence-corrected chi connectivity index (χ0v) is 12.1. The molecule has 19 heavy (non-hydrogen) atoms. The van der Waals surface area contributed by atoms with Gasteiger partial charge in [0.1, 0.15) is 0 Å². The van der Waals surface area contributed by atoms with Crippen molar-refractivity contribution in [2.24, 2.45) is 11.8 Å². The number of carboxylic acid groups (broad SMARTS) is 1. The van der Waals surface area contributed by atoms with Gasteiger partial charge in [-0.15, -0.1) is 0 Å². The summed E-state index contributed by atoms with van der Waals surface area (Å²) >= 11 is 0.